The normalized spacial score (nSPS) is 16.5. The molecule has 2 N–H and O–H groups in total. The van der Waals surface area contributed by atoms with Gasteiger partial charge in [-0.2, -0.15) is 0 Å². The van der Waals surface area contributed by atoms with Crippen molar-refractivity contribution in [3.8, 4) is 0 Å². The van der Waals surface area contributed by atoms with Crippen LogP contribution in [0.15, 0.2) is 52.0 Å². The molecule has 0 saturated heterocycles. The SMILES string of the molecule is O=C(O)[C@@H](CCCN1C(=O)c2ccccc2C1=O)CC(=NO)c1ccc2c3c(oc2c1)CCCC3. The van der Waals surface area contributed by atoms with Crippen molar-refractivity contribution in [2.45, 2.75) is 44.9 Å². The lowest BCUT2D eigenvalue weighted by molar-refractivity contribution is -0.141. The average molecular weight is 475 g/mol. The summed E-state index contributed by atoms with van der Waals surface area (Å²) < 4.78 is 6.02. The van der Waals surface area contributed by atoms with Gasteiger partial charge in [-0.15, -0.1) is 0 Å². The minimum atomic E-state index is -1.02. The number of amides is 2. The lowest BCUT2D eigenvalue weighted by Gasteiger charge is -2.17. The molecule has 0 fully saturated rings. The van der Waals surface area contributed by atoms with Crippen molar-refractivity contribution in [3.63, 3.8) is 0 Å². The van der Waals surface area contributed by atoms with Crippen LogP contribution in [-0.2, 0) is 17.6 Å². The summed E-state index contributed by atoms with van der Waals surface area (Å²) in [5, 5.41) is 23.9. The lowest BCUT2D eigenvalue weighted by Crippen LogP contribution is -2.31. The van der Waals surface area contributed by atoms with Gasteiger partial charge in [-0.05, 0) is 50.3 Å². The molecule has 8 nitrogen and oxygen atoms in total. The molecule has 2 aromatic carbocycles. The number of carbonyl (C=O) groups excluding carboxylic acids is 2. The second-order valence-electron chi connectivity index (χ2n) is 9.16. The van der Waals surface area contributed by atoms with Crippen molar-refractivity contribution in [2.75, 3.05) is 6.54 Å². The van der Waals surface area contributed by atoms with E-state index in [9.17, 15) is 24.7 Å². The Kier molecular flexibility index (Phi) is 6.11. The first-order chi connectivity index (χ1) is 17.0. The van der Waals surface area contributed by atoms with Crippen LogP contribution < -0.4 is 0 Å². The Labute approximate surface area is 201 Å². The Hall–Kier alpha value is -3.94. The molecule has 0 radical (unpaired) electrons. The summed E-state index contributed by atoms with van der Waals surface area (Å²) in [6.45, 7) is 0.131. The van der Waals surface area contributed by atoms with Crippen molar-refractivity contribution in [3.05, 3.63) is 70.5 Å². The van der Waals surface area contributed by atoms with E-state index in [1.54, 1.807) is 30.3 Å². The van der Waals surface area contributed by atoms with Gasteiger partial charge in [0.2, 0.25) is 0 Å². The molecular weight excluding hydrogens is 448 g/mol. The number of aliphatic carboxylic acids is 1. The number of carbonyl (C=O) groups is 3. The molecule has 1 aromatic heterocycles. The van der Waals surface area contributed by atoms with Crippen molar-refractivity contribution in [2.24, 2.45) is 11.1 Å². The Morgan fingerprint density at radius 1 is 1.06 bits per heavy atom. The minimum Gasteiger partial charge on any atom is -0.481 e. The summed E-state index contributed by atoms with van der Waals surface area (Å²) in [5.74, 6) is -1.57. The number of fused-ring (bicyclic) bond motifs is 4. The van der Waals surface area contributed by atoms with Gasteiger partial charge in [0.1, 0.15) is 11.3 Å². The van der Waals surface area contributed by atoms with Gasteiger partial charge in [0.05, 0.1) is 22.8 Å². The maximum atomic E-state index is 12.5. The quantitative estimate of drug-likeness (QED) is 0.212. The van der Waals surface area contributed by atoms with Gasteiger partial charge in [0.15, 0.2) is 0 Å². The fourth-order valence-corrected chi connectivity index (χ4v) is 5.14. The first-order valence-corrected chi connectivity index (χ1v) is 11.9. The van der Waals surface area contributed by atoms with Gasteiger partial charge in [-0.1, -0.05) is 29.4 Å². The van der Waals surface area contributed by atoms with E-state index in [4.69, 9.17) is 4.42 Å². The van der Waals surface area contributed by atoms with Gasteiger partial charge in [-0.25, -0.2) is 0 Å². The van der Waals surface area contributed by atoms with Crippen LogP contribution in [0, 0.1) is 5.92 Å². The third kappa shape index (κ3) is 4.20. The molecule has 0 spiro atoms. The zero-order valence-corrected chi connectivity index (χ0v) is 19.2. The first-order valence-electron chi connectivity index (χ1n) is 11.9. The highest BCUT2D eigenvalue weighted by Crippen LogP contribution is 2.33. The maximum absolute atomic E-state index is 12.5. The largest absolute Gasteiger partial charge is 0.481 e. The van der Waals surface area contributed by atoms with Crippen LogP contribution >= 0.6 is 0 Å². The topological polar surface area (TPSA) is 120 Å². The molecule has 3 aromatic rings. The second kappa shape index (κ2) is 9.37. The van der Waals surface area contributed by atoms with Gasteiger partial charge >= 0.3 is 5.97 Å². The van der Waals surface area contributed by atoms with Gasteiger partial charge < -0.3 is 14.7 Å². The second-order valence-corrected chi connectivity index (χ2v) is 9.16. The molecule has 0 saturated carbocycles. The van der Waals surface area contributed by atoms with Crippen molar-refractivity contribution >= 4 is 34.5 Å². The first kappa shape index (κ1) is 22.8. The highest BCUT2D eigenvalue weighted by atomic mass is 16.4. The number of hydrogen-bond donors (Lipinski definition) is 2. The summed E-state index contributed by atoms with van der Waals surface area (Å²) in [4.78, 5) is 38.2. The molecule has 5 rings (SSSR count). The highest BCUT2D eigenvalue weighted by Gasteiger charge is 2.35. The third-order valence-electron chi connectivity index (χ3n) is 7.01. The molecule has 1 aliphatic heterocycles. The Morgan fingerprint density at radius 3 is 2.46 bits per heavy atom. The summed E-state index contributed by atoms with van der Waals surface area (Å²) in [6, 6.07) is 12.2. The molecule has 35 heavy (non-hydrogen) atoms. The molecule has 0 unspecified atom stereocenters. The summed E-state index contributed by atoms with van der Waals surface area (Å²) in [7, 11) is 0. The predicted octanol–water partition coefficient (Wildman–Crippen LogP) is 4.66. The zero-order chi connectivity index (χ0) is 24.5. The van der Waals surface area contributed by atoms with E-state index >= 15 is 0 Å². The number of nitrogens with zero attached hydrogens (tertiary/aromatic N) is 2. The van der Waals surface area contributed by atoms with E-state index < -0.39 is 11.9 Å². The Bertz CT molecular complexity index is 1320. The molecule has 1 atom stereocenters. The van der Waals surface area contributed by atoms with E-state index in [0.717, 1.165) is 41.7 Å². The number of imide groups is 1. The summed E-state index contributed by atoms with van der Waals surface area (Å²) in [5.41, 5.74) is 3.56. The number of benzene rings is 2. The predicted molar refractivity (Wildman–Crippen MR) is 128 cm³/mol. The number of hydrogen-bond acceptors (Lipinski definition) is 6. The number of carboxylic acid groups (broad SMARTS) is 1. The Balaban J connectivity index is 1.26. The van der Waals surface area contributed by atoms with Crippen molar-refractivity contribution < 1.29 is 29.1 Å². The van der Waals surface area contributed by atoms with Gasteiger partial charge in [0, 0.05) is 35.9 Å². The molecular formula is C27H26N2O6. The molecule has 0 bridgehead atoms. The fraction of sp³-hybridized carbons (Fsp3) is 0.333. The number of oxime groups is 1. The van der Waals surface area contributed by atoms with Gasteiger partial charge in [0.25, 0.3) is 11.8 Å². The number of aryl methyl sites for hydroxylation is 2. The smallest absolute Gasteiger partial charge is 0.306 e. The van der Waals surface area contributed by atoms with Crippen LogP contribution in [0.4, 0.5) is 0 Å². The fourth-order valence-electron chi connectivity index (χ4n) is 5.14. The van der Waals surface area contributed by atoms with Crippen LogP contribution in [0.3, 0.4) is 0 Å². The molecule has 1 aliphatic carbocycles. The van der Waals surface area contributed by atoms with E-state index in [-0.39, 0.29) is 36.9 Å². The maximum Gasteiger partial charge on any atom is 0.306 e. The van der Waals surface area contributed by atoms with E-state index in [1.165, 1.54) is 5.56 Å². The van der Waals surface area contributed by atoms with Crippen LogP contribution in [0.1, 0.15) is 69.7 Å². The van der Waals surface area contributed by atoms with Crippen molar-refractivity contribution in [1.82, 2.24) is 4.90 Å². The minimum absolute atomic E-state index is 0.0138. The Morgan fingerprint density at radius 2 is 1.77 bits per heavy atom. The van der Waals surface area contributed by atoms with Crippen LogP contribution in [0.2, 0.25) is 0 Å². The van der Waals surface area contributed by atoms with E-state index in [2.05, 4.69) is 5.16 Å². The van der Waals surface area contributed by atoms with Crippen LogP contribution in [0.25, 0.3) is 11.0 Å². The summed E-state index contributed by atoms with van der Waals surface area (Å²) in [6.07, 6.45) is 4.69. The van der Waals surface area contributed by atoms with E-state index in [0.29, 0.717) is 28.7 Å². The monoisotopic (exact) mass is 474 g/mol. The van der Waals surface area contributed by atoms with Crippen molar-refractivity contribution in [1.29, 1.82) is 0 Å². The lowest BCUT2D eigenvalue weighted by atomic mass is 9.92. The number of rotatable bonds is 8. The van der Waals surface area contributed by atoms with Crippen LogP contribution in [-0.4, -0.2) is 45.3 Å². The summed E-state index contributed by atoms with van der Waals surface area (Å²) >= 11 is 0. The van der Waals surface area contributed by atoms with Gasteiger partial charge in [-0.3, -0.25) is 19.3 Å². The van der Waals surface area contributed by atoms with Crippen LogP contribution in [0.5, 0.6) is 0 Å². The number of carboxylic acids is 1. The molecule has 2 amide bonds. The number of furan rings is 1. The highest BCUT2D eigenvalue weighted by molar-refractivity contribution is 6.21. The molecule has 2 heterocycles. The third-order valence-corrected chi connectivity index (χ3v) is 7.01. The zero-order valence-electron chi connectivity index (χ0n) is 19.2. The molecule has 180 valence electrons. The standard InChI is InChI=1S/C27H26N2O6/c30-25-20-8-1-2-9-21(20)26(31)29(25)13-5-6-17(27(32)33)14-22(28-34)16-11-12-19-18-7-3-4-10-23(18)35-24(19)15-16/h1-2,8-9,11-12,15,17,34H,3-7,10,13-14H2,(H,32,33)/t17-/m0/s1. The average Bonchev–Trinajstić information content (AvgIpc) is 3.36. The van der Waals surface area contributed by atoms with E-state index in [1.807, 2.05) is 12.1 Å². The molecule has 2 aliphatic rings. The molecule has 8 heteroatoms.